The molecule has 2 aliphatic rings. The van der Waals surface area contributed by atoms with Crippen molar-refractivity contribution in [3.8, 4) is 17.2 Å². The van der Waals surface area contributed by atoms with Crippen molar-refractivity contribution in [2.24, 2.45) is 0 Å². The van der Waals surface area contributed by atoms with E-state index in [0.29, 0.717) is 12.4 Å². The molecule has 0 spiro atoms. The molecule has 5 nitrogen and oxygen atoms in total. The van der Waals surface area contributed by atoms with Gasteiger partial charge in [-0.2, -0.15) is 0 Å². The summed E-state index contributed by atoms with van der Waals surface area (Å²) in [5.74, 6) is 2.15. The van der Waals surface area contributed by atoms with Crippen molar-refractivity contribution in [3.05, 3.63) is 59.7 Å². The first-order valence-electron chi connectivity index (χ1n) is 7.89. The van der Waals surface area contributed by atoms with Gasteiger partial charge >= 0.3 is 0 Å². The Labute approximate surface area is 139 Å². The summed E-state index contributed by atoms with van der Waals surface area (Å²) in [5.41, 5.74) is 1.91. The lowest BCUT2D eigenvalue weighted by Gasteiger charge is -2.26. The Kier molecular flexibility index (Phi) is 3.83. The van der Waals surface area contributed by atoms with Crippen LogP contribution in [0.2, 0.25) is 0 Å². The van der Waals surface area contributed by atoms with E-state index in [1.165, 1.54) is 6.08 Å². The Balaban J connectivity index is 1.44. The summed E-state index contributed by atoms with van der Waals surface area (Å²) in [7, 11) is 0. The lowest BCUT2D eigenvalue weighted by atomic mass is 10.0. The van der Waals surface area contributed by atoms with Crippen molar-refractivity contribution in [1.82, 2.24) is 5.32 Å². The highest BCUT2D eigenvalue weighted by molar-refractivity contribution is 5.92. The molecule has 1 unspecified atom stereocenters. The molecule has 2 heterocycles. The van der Waals surface area contributed by atoms with Gasteiger partial charge in [-0.15, -0.1) is 0 Å². The van der Waals surface area contributed by atoms with E-state index in [0.717, 1.165) is 29.0 Å². The zero-order chi connectivity index (χ0) is 16.4. The molecule has 2 aromatic carbocycles. The Bertz CT molecular complexity index is 800. The van der Waals surface area contributed by atoms with E-state index in [1.807, 2.05) is 42.5 Å². The van der Waals surface area contributed by atoms with Crippen LogP contribution in [0.15, 0.2) is 48.5 Å². The minimum absolute atomic E-state index is 0.0242. The van der Waals surface area contributed by atoms with Crippen LogP contribution in [-0.2, 0) is 4.79 Å². The number of hydrogen-bond acceptors (Lipinski definition) is 4. The standard InChI is InChI=1S/C19H17NO4/c21-19(8-6-13-5-7-17-18(11-13)24-12-23-17)20-15-9-10-22-16-4-2-1-3-14(15)16/h1-8,11,15H,9-10,12H2,(H,20,21)/b8-6+. The first-order chi connectivity index (χ1) is 11.8. The Morgan fingerprint density at radius 3 is 2.88 bits per heavy atom. The van der Waals surface area contributed by atoms with Gasteiger partial charge in [-0.1, -0.05) is 24.3 Å². The van der Waals surface area contributed by atoms with Gasteiger partial charge in [0.05, 0.1) is 12.6 Å². The minimum Gasteiger partial charge on any atom is -0.493 e. The molecule has 1 atom stereocenters. The SMILES string of the molecule is O=C(/C=C/c1ccc2c(c1)OCO2)NC1CCOc2ccccc21. The van der Waals surface area contributed by atoms with Gasteiger partial charge in [-0.25, -0.2) is 0 Å². The number of para-hydroxylation sites is 1. The second kappa shape index (κ2) is 6.28. The van der Waals surface area contributed by atoms with Gasteiger partial charge in [-0.05, 0) is 29.8 Å². The summed E-state index contributed by atoms with van der Waals surface area (Å²) in [4.78, 5) is 12.2. The maximum Gasteiger partial charge on any atom is 0.244 e. The van der Waals surface area contributed by atoms with Crippen molar-refractivity contribution in [3.63, 3.8) is 0 Å². The molecule has 1 N–H and O–H groups in total. The minimum atomic E-state index is -0.130. The third-order valence-corrected chi connectivity index (χ3v) is 4.10. The van der Waals surface area contributed by atoms with Crippen LogP contribution >= 0.6 is 0 Å². The van der Waals surface area contributed by atoms with Gasteiger partial charge in [0.1, 0.15) is 5.75 Å². The van der Waals surface area contributed by atoms with Gasteiger partial charge in [0.25, 0.3) is 0 Å². The molecule has 0 fully saturated rings. The highest BCUT2D eigenvalue weighted by Crippen LogP contribution is 2.33. The molecule has 0 saturated carbocycles. The molecule has 0 aliphatic carbocycles. The maximum atomic E-state index is 12.2. The number of ether oxygens (including phenoxy) is 3. The zero-order valence-electron chi connectivity index (χ0n) is 13.0. The summed E-state index contributed by atoms with van der Waals surface area (Å²) in [5, 5.41) is 3.04. The van der Waals surface area contributed by atoms with Crippen LogP contribution in [0.1, 0.15) is 23.6 Å². The van der Waals surface area contributed by atoms with Crippen LogP contribution in [-0.4, -0.2) is 19.3 Å². The summed E-state index contributed by atoms with van der Waals surface area (Å²) in [6, 6.07) is 13.4. The highest BCUT2D eigenvalue weighted by Gasteiger charge is 2.21. The summed E-state index contributed by atoms with van der Waals surface area (Å²) < 4.78 is 16.2. The number of amides is 1. The van der Waals surface area contributed by atoms with Crippen molar-refractivity contribution >= 4 is 12.0 Å². The molecular weight excluding hydrogens is 306 g/mol. The average Bonchev–Trinajstić information content (AvgIpc) is 3.08. The molecule has 0 aromatic heterocycles. The van der Waals surface area contributed by atoms with Crippen LogP contribution in [0.5, 0.6) is 17.2 Å². The Hall–Kier alpha value is -2.95. The number of rotatable bonds is 3. The summed E-state index contributed by atoms with van der Waals surface area (Å²) in [6.07, 6.45) is 4.07. The van der Waals surface area contributed by atoms with Gasteiger partial charge in [0, 0.05) is 18.1 Å². The molecular formula is C19H17NO4. The lowest BCUT2D eigenvalue weighted by Crippen LogP contribution is -2.30. The summed E-state index contributed by atoms with van der Waals surface area (Å²) >= 11 is 0. The largest absolute Gasteiger partial charge is 0.493 e. The topological polar surface area (TPSA) is 56.8 Å². The first-order valence-corrected chi connectivity index (χ1v) is 7.89. The highest BCUT2D eigenvalue weighted by atomic mass is 16.7. The van der Waals surface area contributed by atoms with E-state index in [-0.39, 0.29) is 18.7 Å². The fourth-order valence-corrected chi connectivity index (χ4v) is 2.90. The molecule has 2 aromatic rings. The van der Waals surface area contributed by atoms with Crippen LogP contribution < -0.4 is 19.5 Å². The van der Waals surface area contributed by atoms with Gasteiger partial charge in [-0.3, -0.25) is 4.79 Å². The van der Waals surface area contributed by atoms with Crippen molar-refractivity contribution in [2.45, 2.75) is 12.5 Å². The van der Waals surface area contributed by atoms with E-state index >= 15 is 0 Å². The van der Waals surface area contributed by atoms with E-state index in [9.17, 15) is 4.79 Å². The van der Waals surface area contributed by atoms with E-state index in [4.69, 9.17) is 14.2 Å². The molecule has 122 valence electrons. The fraction of sp³-hybridized carbons (Fsp3) is 0.211. The maximum absolute atomic E-state index is 12.2. The van der Waals surface area contributed by atoms with Crippen LogP contribution in [0, 0.1) is 0 Å². The summed E-state index contributed by atoms with van der Waals surface area (Å²) in [6.45, 7) is 0.847. The predicted molar refractivity (Wildman–Crippen MR) is 89.0 cm³/mol. The zero-order valence-corrected chi connectivity index (χ0v) is 13.0. The van der Waals surface area contributed by atoms with E-state index in [1.54, 1.807) is 6.08 Å². The molecule has 0 radical (unpaired) electrons. The first kappa shape index (κ1) is 14.6. The molecule has 0 saturated heterocycles. The predicted octanol–water partition coefficient (Wildman–Crippen LogP) is 3.07. The molecule has 4 rings (SSSR count). The normalized spacial score (nSPS) is 18.1. The Morgan fingerprint density at radius 2 is 1.92 bits per heavy atom. The number of nitrogens with one attached hydrogen (secondary N) is 1. The van der Waals surface area contributed by atoms with Crippen molar-refractivity contribution in [1.29, 1.82) is 0 Å². The quantitative estimate of drug-likeness (QED) is 0.882. The van der Waals surface area contributed by atoms with E-state index in [2.05, 4.69) is 5.32 Å². The smallest absolute Gasteiger partial charge is 0.244 e. The number of carbonyl (C=O) groups is 1. The third-order valence-electron chi connectivity index (χ3n) is 4.10. The Morgan fingerprint density at radius 1 is 1.04 bits per heavy atom. The van der Waals surface area contributed by atoms with E-state index < -0.39 is 0 Å². The third kappa shape index (κ3) is 2.93. The molecule has 0 bridgehead atoms. The monoisotopic (exact) mass is 323 g/mol. The molecule has 2 aliphatic heterocycles. The number of carbonyl (C=O) groups excluding carboxylic acids is 1. The lowest BCUT2D eigenvalue weighted by molar-refractivity contribution is -0.117. The number of hydrogen-bond donors (Lipinski definition) is 1. The number of fused-ring (bicyclic) bond motifs is 2. The van der Waals surface area contributed by atoms with Crippen LogP contribution in [0.4, 0.5) is 0 Å². The van der Waals surface area contributed by atoms with Crippen molar-refractivity contribution < 1.29 is 19.0 Å². The van der Waals surface area contributed by atoms with Crippen LogP contribution in [0.25, 0.3) is 6.08 Å². The average molecular weight is 323 g/mol. The van der Waals surface area contributed by atoms with Gasteiger partial charge in [0.2, 0.25) is 12.7 Å². The van der Waals surface area contributed by atoms with Gasteiger partial charge in [0.15, 0.2) is 11.5 Å². The second-order valence-electron chi connectivity index (χ2n) is 5.68. The fourth-order valence-electron chi connectivity index (χ4n) is 2.90. The second-order valence-corrected chi connectivity index (χ2v) is 5.68. The van der Waals surface area contributed by atoms with Crippen LogP contribution in [0.3, 0.4) is 0 Å². The van der Waals surface area contributed by atoms with Gasteiger partial charge < -0.3 is 19.5 Å². The molecule has 5 heteroatoms. The molecule has 24 heavy (non-hydrogen) atoms. The van der Waals surface area contributed by atoms with Crippen molar-refractivity contribution in [2.75, 3.05) is 13.4 Å². The molecule has 1 amide bonds. The number of benzene rings is 2.